The summed E-state index contributed by atoms with van der Waals surface area (Å²) >= 11 is 1.08. The number of nitrogens with one attached hydrogen (secondary N) is 1. The van der Waals surface area contributed by atoms with Crippen molar-refractivity contribution in [2.24, 2.45) is 0 Å². The van der Waals surface area contributed by atoms with Gasteiger partial charge in [-0.05, 0) is 48.0 Å². The first-order chi connectivity index (χ1) is 15.1. The molecule has 0 atom stereocenters. The monoisotopic (exact) mass is 434 g/mol. The van der Waals surface area contributed by atoms with Gasteiger partial charge in [0.2, 0.25) is 0 Å². The second-order valence-electron chi connectivity index (χ2n) is 6.49. The molecule has 9 nitrogen and oxygen atoms in total. The van der Waals surface area contributed by atoms with Crippen LogP contribution in [0.25, 0.3) is 16.9 Å². The first-order valence-corrected chi connectivity index (χ1v) is 10.3. The lowest BCUT2D eigenvalue weighted by Gasteiger charge is -2.07. The molecule has 0 radical (unpaired) electrons. The van der Waals surface area contributed by atoms with E-state index in [1.165, 1.54) is 11.0 Å². The molecule has 156 valence electrons. The van der Waals surface area contributed by atoms with Crippen LogP contribution in [0, 0.1) is 6.92 Å². The minimum absolute atomic E-state index is 0.250. The number of amides is 1. The van der Waals surface area contributed by atoms with Gasteiger partial charge in [-0.1, -0.05) is 41.7 Å². The van der Waals surface area contributed by atoms with Crippen molar-refractivity contribution in [1.29, 1.82) is 0 Å². The van der Waals surface area contributed by atoms with Crippen molar-refractivity contribution in [2.45, 2.75) is 13.8 Å². The maximum atomic E-state index is 12.8. The number of hydrogen-bond acceptors (Lipinski definition) is 8. The zero-order valence-corrected chi connectivity index (χ0v) is 17.6. The van der Waals surface area contributed by atoms with Crippen LogP contribution in [0.1, 0.15) is 32.5 Å². The second kappa shape index (κ2) is 8.84. The van der Waals surface area contributed by atoms with Gasteiger partial charge in [0.05, 0.1) is 18.0 Å². The number of carbonyl (C=O) groups excluding carboxylic acids is 2. The summed E-state index contributed by atoms with van der Waals surface area (Å²) in [5, 5.41) is 14.2. The average Bonchev–Trinajstić information content (AvgIpc) is 3.45. The van der Waals surface area contributed by atoms with Crippen molar-refractivity contribution < 1.29 is 14.3 Å². The molecule has 4 aromatic rings. The van der Waals surface area contributed by atoms with E-state index in [0.29, 0.717) is 21.3 Å². The van der Waals surface area contributed by atoms with Crippen LogP contribution in [0.2, 0.25) is 0 Å². The Morgan fingerprint density at radius 1 is 1.16 bits per heavy atom. The molecular weight excluding hydrogens is 416 g/mol. The van der Waals surface area contributed by atoms with Crippen LogP contribution in [0.5, 0.6) is 0 Å². The number of carbonyl (C=O) groups is 2. The fraction of sp³-hybridized carbons (Fsp3) is 0.143. The molecule has 0 aliphatic carbocycles. The number of benzene rings is 2. The van der Waals surface area contributed by atoms with E-state index >= 15 is 0 Å². The highest BCUT2D eigenvalue weighted by Crippen LogP contribution is 2.32. The second-order valence-corrected chi connectivity index (χ2v) is 7.49. The highest BCUT2D eigenvalue weighted by molar-refractivity contribution is 7.18. The van der Waals surface area contributed by atoms with Crippen molar-refractivity contribution in [3.05, 3.63) is 70.9 Å². The standard InChI is InChI=1S/C21H18N6O3S/c1-3-30-20(29)18-17(14-7-5-4-6-8-14)23-21(31-18)24-19(28)15-9-10-16(13(2)11-15)27-12-22-25-26-27/h4-12H,3H2,1-2H3,(H,23,24,28). The van der Waals surface area contributed by atoms with Crippen molar-refractivity contribution in [1.82, 2.24) is 25.2 Å². The molecule has 31 heavy (non-hydrogen) atoms. The van der Waals surface area contributed by atoms with Crippen LogP contribution in [-0.4, -0.2) is 43.7 Å². The summed E-state index contributed by atoms with van der Waals surface area (Å²) in [7, 11) is 0. The lowest BCUT2D eigenvalue weighted by molar-refractivity contribution is 0.0532. The van der Waals surface area contributed by atoms with E-state index in [0.717, 1.165) is 28.2 Å². The Morgan fingerprint density at radius 2 is 1.97 bits per heavy atom. The van der Waals surface area contributed by atoms with Crippen molar-refractivity contribution >= 4 is 28.3 Å². The molecular formula is C21H18N6O3S. The predicted octanol–water partition coefficient (Wildman–Crippen LogP) is 3.52. The number of ether oxygens (including phenoxy) is 1. The molecule has 0 aliphatic heterocycles. The predicted molar refractivity (Wildman–Crippen MR) is 115 cm³/mol. The van der Waals surface area contributed by atoms with E-state index in [9.17, 15) is 9.59 Å². The van der Waals surface area contributed by atoms with Gasteiger partial charge in [-0.25, -0.2) is 14.5 Å². The zero-order chi connectivity index (χ0) is 21.8. The van der Waals surface area contributed by atoms with Gasteiger partial charge in [0, 0.05) is 11.1 Å². The van der Waals surface area contributed by atoms with Gasteiger partial charge in [0.1, 0.15) is 11.2 Å². The highest BCUT2D eigenvalue weighted by atomic mass is 32.1. The molecule has 1 N–H and O–H groups in total. The van der Waals surface area contributed by atoms with E-state index in [-0.39, 0.29) is 12.5 Å². The molecule has 0 aliphatic rings. The molecule has 2 heterocycles. The SMILES string of the molecule is CCOC(=O)c1sc(NC(=O)c2ccc(-n3cnnn3)c(C)c2)nc1-c1ccccc1. The summed E-state index contributed by atoms with van der Waals surface area (Å²) < 4.78 is 6.68. The third kappa shape index (κ3) is 4.33. The fourth-order valence-electron chi connectivity index (χ4n) is 2.99. The number of nitrogens with zero attached hydrogens (tertiary/aromatic N) is 5. The normalized spacial score (nSPS) is 10.6. The first-order valence-electron chi connectivity index (χ1n) is 9.45. The van der Waals surface area contributed by atoms with E-state index in [2.05, 4.69) is 25.8 Å². The maximum Gasteiger partial charge on any atom is 0.350 e. The van der Waals surface area contributed by atoms with Gasteiger partial charge in [0.15, 0.2) is 5.13 Å². The van der Waals surface area contributed by atoms with E-state index in [1.807, 2.05) is 37.3 Å². The lowest BCUT2D eigenvalue weighted by Crippen LogP contribution is -2.12. The quantitative estimate of drug-likeness (QED) is 0.462. The Kier molecular flexibility index (Phi) is 5.80. The smallest absolute Gasteiger partial charge is 0.350 e. The Hall–Kier alpha value is -3.92. The molecule has 0 unspecified atom stereocenters. The van der Waals surface area contributed by atoms with Gasteiger partial charge in [-0.3, -0.25) is 10.1 Å². The third-order valence-corrected chi connectivity index (χ3v) is 5.36. The molecule has 2 aromatic heterocycles. The average molecular weight is 434 g/mol. The molecule has 0 bridgehead atoms. The van der Waals surface area contributed by atoms with E-state index < -0.39 is 5.97 Å². The van der Waals surface area contributed by atoms with Crippen LogP contribution >= 0.6 is 11.3 Å². The van der Waals surface area contributed by atoms with Crippen molar-refractivity contribution in [2.75, 3.05) is 11.9 Å². The van der Waals surface area contributed by atoms with E-state index in [1.54, 1.807) is 25.1 Å². The van der Waals surface area contributed by atoms with Crippen LogP contribution in [-0.2, 0) is 4.74 Å². The van der Waals surface area contributed by atoms with Crippen LogP contribution in [0.4, 0.5) is 5.13 Å². The number of rotatable bonds is 6. The summed E-state index contributed by atoms with van der Waals surface area (Å²) in [6.45, 7) is 3.86. The topological polar surface area (TPSA) is 112 Å². The molecule has 0 fully saturated rings. The maximum absolute atomic E-state index is 12.8. The van der Waals surface area contributed by atoms with Crippen molar-refractivity contribution in [3.8, 4) is 16.9 Å². The number of anilines is 1. The summed E-state index contributed by atoms with van der Waals surface area (Å²) in [5.41, 5.74) is 3.29. The molecule has 4 rings (SSSR count). The lowest BCUT2D eigenvalue weighted by atomic mass is 10.1. The van der Waals surface area contributed by atoms with Gasteiger partial charge in [0.25, 0.3) is 5.91 Å². The number of esters is 1. The van der Waals surface area contributed by atoms with Gasteiger partial charge >= 0.3 is 5.97 Å². The molecule has 2 aromatic carbocycles. The Balaban J connectivity index is 1.61. The summed E-state index contributed by atoms with van der Waals surface area (Å²) in [6.07, 6.45) is 1.49. The number of aryl methyl sites for hydroxylation is 1. The molecule has 0 saturated heterocycles. The van der Waals surface area contributed by atoms with Crippen LogP contribution in [0.3, 0.4) is 0 Å². The van der Waals surface area contributed by atoms with Crippen LogP contribution < -0.4 is 5.32 Å². The minimum atomic E-state index is -0.471. The Labute approximate surface area is 181 Å². The van der Waals surface area contributed by atoms with Crippen LogP contribution in [0.15, 0.2) is 54.9 Å². The highest BCUT2D eigenvalue weighted by Gasteiger charge is 2.22. The number of thiazole rings is 1. The number of hydrogen-bond donors (Lipinski definition) is 1. The summed E-state index contributed by atoms with van der Waals surface area (Å²) in [4.78, 5) is 30.1. The summed E-state index contributed by atoms with van der Waals surface area (Å²) in [6, 6.07) is 14.5. The fourth-order valence-corrected chi connectivity index (χ4v) is 3.87. The minimum Gasteiger partial charge on any atom is -0.462 e. The molecule has 1 amide bonds. The first kappa shape index (κ1) is 20.4. The van der Waals surface area contributed by atoms with Crippen molar-refractivity contribution in [3.63, 3.8) is 0 Å². The number of tetrazole rings is 1. The largest absolute Gasteiger partial charge is 0.462 e. The number of aromatic nitrogens is 5. The molecule has 10 heteroatoms. The Morgan fingerprint density at radius 3 is 2.65 bits per heavy atom. The zero-order valence-electron chi connectivity index (χ0n) is 16.8. The third-order valence-electron chi connectivity index (χ3n) is 4.41. The van der Waals surface area contributed by atoms with E-state index in [4.69, 9.17) is 4.74 Å². The van der Waals surface area contributed by atoms with Gasteiger partial charge < -0.3 is 4.74 Å². The Bertz CT molecular complexity index is 1220. The van der Waals surface area contributed by atoms with Gasteiger partial charge in [-0.15, -0.1) is 5.10 Å². The summed E-state index contributed by atoms with van der Waals surface area (Å²) in [5.74, 6) is -0.809. The van der Waals surface area contributed by atoms with Gasteiger partial charge in [-0.2, -0.15) is 0 Å². The molecule has 0 saturated carbocycles. The molecule has 0 spiro atoms.